The molecule has 1 saturated heterocycles. The minimum absolute atomic E-state index is 0.419. The van der Waals surface area contributed by atoms with Gasteiger partial charge in [-0.1, -0.05) is 0 Å². The van der Waals surface area contributed by atoms with Crippen LogP contribution in [0.1, 0.15) is 25.5 Å². The lowest BCUT2D eigenvalue weighted by atomic mass is 10.2. The van der Waals surface area contributed by atoms with E-state index in [-0.39, 0.29) is 0 Å². The fourth-order valence-corrected chi connectivity index (χ4v) is 1.95. The summed E-state index contributed by atoms with van der Waals surface area (Å²) in [6.07, 6.45) is 6.62. The second-order valence-corrected chi connectivity index (χ2v) is 3.94. The highest BCUT2D eigenvalue weighted by atomic mass is 16.5. The Morgan fingerprint density at radius 1 is 1.67 bits per heavy atom. The van der Waals surface area contributed by atoms with Crippen LogP contribution in [0.2, 0.25) is 0 Å². The number of rotatable bonds is 5. The van der Waals surface area contributed by atoms with Gasteiger partial charge in [-0.25, -0.2) is 4.98 Å². The van der Waals surface area contributed by atoms with Gasteiger partial charge in [0.05, 0.1) is 18.1 Å². The maximum absolute atomic E-state index is 5.54. The summed E-state index contributed by atoms with van der Waals surface area (Å²) in [4.78, 5) is 4.14. The van der Waals surface area contributed by atoms with Gasteiger partial charge in [-0.3, -0.25) is 0 Å². The Morgan fingerprint density at radius 3 is 3.33 bits per heavy atom. The van der Waals surface area contributed by atoms with Gasteiger partial charge < -0.3 is 14.6 Å². The maximum atomic E-state index is 5.54. The van der Waals surface area contributed by atoms with Crippen molar-refractivity contribution in [1.29, 1.82) is 0 Å². The number of aromatic nitrogens is 2. The molecule has 4 nitrogen and oxygen atoms in total. The van der Waals surface area contributed by atoms with Crippen LogP contribution in [0.4, 0.5) is 0 Å². The molecule has 0 saturated carbocycles. The molecule has 2 rings (SSSR count). The van der Waals surface area contributed by atoms with Crippen LogP contribution in [0.3, 0.4) is 0 Å². The van der Waals surface area contributed by atoms with Crippen LogP contribution < -0.4 is 5.32 Å². The summed E-state index contributed by atoms with van der Waals surface area (Å²) in [6.45, 7) is 5.88. The number of nitrogens with zero attached hydrogens (tertiary/aromatic N) is 2. The quantitative estimate of drug-likeness (QED) is 0.791. The highest BCUT2D eigenvalue weighted by molar-refractivity contribution is 4.97. The largest absolute Gasteiger partial charge is 0.377 e. The molecule has 1 aliphatic heterocycles. The van der Waals surface area contributed by atoms with Crippen molar-refractivity contribution in [2.45, 2.75) is 39.0 Å². The zero-order valence-corrected chi connectivity index (χ0v) is 9.28. The number of hydrogen-bond acceptors (Lipinski definition) is 3. The number of imidazole rings is 1. The third kappa shape index (κ3) is 2.79. The van der Waals surface area contributed by atoms with Gasteiger partial charge >= 0.3 is 0 Å². The maximum Gasteiger partial charge on any atom is 0.0948 e. The monoisotopic (exact) mass is 209 g/mol. The first kappa shape index (κ1) is 10.6. The fraction of sp³-hybridized carbons (Fsp3) is 0.727. The zero-order chi connectivity index (χ0) is 10.5. The molecule has 0 aliphatic carbocycles. The summed E-state index contributed by atoms with van der Waals surface area (Å²) in [5.41, 5.74) is 1.25. The number of ether oxygens (including phenoxy) is 1. The number of nitrogens with one attached hydrogen (secondary N) is 1. The predicted molar refractivity (Wildman–Crippen MR) is 58.6 cm³/mol. The highest BCUT2D eigenvalue weighted by Crippen LogP contribution is 2.10. The predicted octanol–water partition coefficient (Wildman–Crippen LogP) is 1.17. The number of hydrogen-bond donors (Lipinski definition) is 1. The summed E-state index contributed by atoms with van der Waals surface area (Å²) in [7, 11) is 0. The van der Waals surface area contributed by atoms with Crippen molar-refractivity contribution in [1.82, 2.24) is 14.9 Å². The van der Waals surface area contributed by atoms with E-state index in [4.69, 9.17) is 4.74 Å². The van der Waals surface area contributed by atoms with Gasteiger partial charge in [0.1, 0.15) is 0 Å². The molecular weight excluding hydrogens is 190 g/mol. The van der Waals surface area contributed by atoms with Crippen molar-refractivity contribution in [3.63, 3.8) is 0 Å². The van der Waals surface area contributed by atoms with Gasteiger partial charge in [-0.05, 0) is 19.8 Å². The molecule has 0 radical (unpaired) electrons. The van der Waals surface area contributed by atoms with Crippen molar-refractivity contribution >= 4 is 0 Å². The molecule has 1 aromatic rings. The van der Waals surface area contributed by atoms with Gasteiger partial charge in [0, 0.05) is 32.4 Å². The molecule has 1 atom stereocenters. The van der Waals surface area contributed by atoms with Crippen LogP contribution in [0.5, 0.6) is 0 Å². The Hall–Kier alpha value is -0.870. The molecule has 1 aromatic heterocycles. The standard InChI is InChI=1S/C11H19N3O/c1-2-14-9-13-7-10(14)6-12-8-11-4-3-5-15-11/h7,9,11-12H,2-6,8H2,1H3. The average Bonchev–Trinajstić information content (AvgIpc) is 2.88. The molecule has 0 bridgehead atoms. The molecule has 1 unspecified atom stereocenters. The highest BCUT2D eigenvalue weighted by Gasteiger charge is 2.14. The van der Waals surface area contributed by atoms with E-state index >= 15 is 0 Å². The molecule has 15 heavy (non-hydrogen) atoms. The Labute approximate surface area is 90.6 Å². The lowest BCUT2D eigenvalue weighted by molar-refractivity contribution is 0.110. The van der Waals surface area contributed by atoms with Crippen molar-refractivity contribution in [2.24, 2.45) is 0 Å². The summed E-state index contributed by atoms with van der Waals surface area (Å²) in [5, 5.41) is 3.42. The van der Waals surface area contributed by atoms with E-state index in [9.17, 15) is 0 Å². The van der Waals surface area contributed by atoms with Crippen LogP contribution in [-0.4, -0.2) is 28.8 Å². The van der Waals surface area contributed by atoms with Crippen LogP contribution in [0, 0.1) is 0 Å². The normalized spacial score (nSPS) is 21.0. The van der Waals surface area contributed by atoms with Crippen molar-refractivity contribution in [3.05, 3.63) is 18.2 Å². The topological polar surface area (TPSA) is 39.1 Å². The van der Waals surface area contributed by atoms with Crippen molar-refractivity contribution in [2.75, 3.05) is 13.2 Å². The molecular formula is C11H19N3O. The van der Waals surface area contributed by atoms with Crippen LogP contribution in [0.25, 0.3) is 0 Å². The second-order valence-electron chi connectivity index (χ2n) is 3.94. The van der Waals surface area contributed by atoms with E-state index in [1.807, 2.05) is 12.5 Å². The van der Waals surface area contributed by atoms with E-state index in [0.717, 1.165) is 26.2 Å². The van der Waals surface area contributed by atoms with Crippen LogP contribution in [-0.2, 0) is 17.8 Å². The fourth-order valence-electron chi connectivity index (χ4n) is 1.95. The molecule has 84 valence electrons. The molecule has 0 amide bonds. The Bertz CT molecular complexity index is 292. The van der Waals surface area contributed by atoms with Gasteiger partial charge in [0.15, 0.2) is 0 Å². The first-order valence-corrected chi connectivity index (χ1v) is 5.71. The zero-order valence-electron chi connectivity index (χ0n) is 9.28. The number of aryl methyl sites for hydroxylation is 1. The first-order valence-electron chi connectivity index (χ1n) is 5.71. The summed E-state index contributed by atoms with van der Waals surface area (Å²) in [6, 6.07) is 0. The average molecular weight is 209 g/mol. The molecule has 0 aromatic carbocycles. The van der Waals surface area contributed by atoms with Crippen molar-refractivity contribution in [3.8, 4) is 0 Å². The van der Waals surface area contributed by atoms with E-state index < -0.39 is 0 Å². The molecule has 1 N–H and O–H groups in total. The van der Waals surface area contributed by atoms with Gasteiger partial charge in [-0.15, -0.1) is 0 Å². The smallest absolute Gasteiger partial charge is 0.0948 e. The third-order valence-corrected chi connectivity index (χ3v) is 2.84. The molecule has 1 fully saturated rings. The summed E-state index contributed by atoms with van der Waals surface area (Å²) in [5.74, 6) is 0. The third-order valence-electron chi connectivity index (χ3n) is 2.84. The van der Waals surface area contributed by atoms with E-state index in [2.05, 4.69) is 21.8 Å². The minimum atomic E-state index is 0.419. The van der Waals surface area contributed by atoms with Gasteiger partial charge in [0.2, 0.25) is 0 Å². The summed E-state index contributed by atoms with van der Waals surface area (Å²) < 4.78 is 7.70. The Kier molecular flexibility index (Phi) is 3.75. The molecule has 2 heterocycles. The van der Waals surface area contributed by atoms with Crippen LogP contribution in [0.15, 0.2) is 12.5 Å². The summed E-state index contributed by atoms with van der Waals surface area (Å²) >= 11 is 0. The Balaban J connectivity index is 1.73. The minimum Gasteiger partial charge on any atom is -0.377 e. The molecule has 0 spiro atoms. The van der Waals surface area contributed by atoms with Gasteiger partial charge in [0.25, 0.3) is 0 Å². The van der Waals surface area contributed by atoms with E-state index in [1.54, 1.807) is 0 Å². The molecule has 1 aliphatic rings. The second kappa shape index (κ2) is 5.28. The lowest BCUT2D eigenvalue weighted by Crippen LogP contribution is -2.26. The van der Waals surface area contributed by atoms with Crippen molar-refractivity contribution < 1.29 is 4.74 Å². The first-order chi connectivity index (χ1) is 7.40. The van der Waals surface area contributed by atoms with E-state index in [0.29, 0.717) is 6.10 Å². The van der Waals surface area contributed by atoms with E-state index in [1.165, 1.54) is 18.5 Å². The Morgan fingerprint density at radius 2 is 2.60 bits per heavy atom. The lowest BCUT2D eigenvalue weighted by Gasteiger charge is -2.11. The molecule has 4 heteroatoms. The van der Waals surface area contributed by atoms with Gasteiger partial charge in [-0.2, -0.15) is 0 Å². The SMILES string of the molecule is CCn1cncc1CNCC1CCCO1. The van der Waals surface area contributed by atoms with Crippen LogP contribution >= 0.6 is 0 Å².